The third-order valence-electron chi connectivity index (χ3n) is 2.37. The van der Waals surface area contributed by atoms with Crippen LogP contribution in [0.5, 0.6) is 0 Å². The van der Waals surface area contributed by atoms with Crippen LogP contribution in [0.1, 0.15) is 18.9 Å². The molecular weight excluding hydrogens is 277 g/mol. The molecule has 1 fully saturated rings. The SMILES string of the molecule is Ic1cc2c(cn1)ncn2C1CC1. The minimum Gasteiger partial charge on any atom is -0.327 e. The molecule has 2 aromatic heterocycles. The normalized spacial score (nSPS) is 16.7. The maximum Gasteiger partial charge on any atom is 0.107 e. The van der Waals surface area contributed by atoms with Crippen molar-refractivity contribution in [1.82, 2.24) is 14.5 Å². The highest BCUT2D eigenvalue weighted by molar-refractivity contribution is 14.1. The molecule has 0 unspecified atom stereocenters. The van der Waals surface area contributed by atoms with Gasteiger partial charge in [-0.15, -0.1) is 0 Å². The van der Waals surface area contributed by atoms with Crippen LogP contribution in [0.25, 0.3) is 11.0 Å². The number of rotatable bonds is 1. The van der Waals surface area contributed by atoms with Crippen molar-refractivity contribution >= 4 is 33.6 Å². The summed E-state index contributed by atoms with van der Waals surface area (Å²) in [6.07, 6.45) is 6.37. The number of hydrogen-bond donors (Lipinski definition) is 0. The lowest BCUT2D eigenvalue weighted by Crippen LogP contribution is -1.91. The summed E-state index contributed by atoms with van der Waals surface area (Å²) < 4.78 is 3.30. The Hall–Kier alpha value is -0.650. The molecule has 0 amide bonds. The minimum absolute atomic E-state index is 0.697. The Kier molecular flexibility index (Phi) is 1.59. The first-order chi connectivity index (χ1) is 6.34. The third kappa shape index (κ3) is 1.23. The second-order valence-corrected chi connectivity index (χ2v) is 4.48. The zero-order chi connectivity index (χ0) is 8.84. The fourth-order valence-corrected chi connectivity index (χ4v) is 1.98. The van der Waals surface area contributed by atoms with Gasteiger partial charge in [0.25, 0.3) is 0 Å². The van der Waals surface area contributed by atoms with Gasteiger partial charge in [0.1, 0.15) is 9.22 Å². The van der Waals surface area contributed by atoms with Crippen LogP contribution in [0.15, 0.2) is 18.6 Å². The van der Waals surface area contributed by atoms with Gasteiger partial charge < -0.3 is 4.57 Å². The van der Waals surface area contributed by atoms with Crippen molar-refractivity contribution in [2.45, 2.75) is 18.9 Å². The van der Waals surface area contributed by atoms with Crippen LogP contribution in [0.4, 0.5) is 0 Å². The smallest absolute Gasteiger partial charge is 0.107 e. The zero-order valence-corrected chi connectivity index (χ0v) is 9.10. The van der Waals surface area contributed by atoms with E-state index >= 15 is 0 Å². The van der Waals surface area contributed by atoms with E-state index in [2.05, 4.69) is 43.2 Å². The molecule has 2 aromatic rings. The fourth-order valence-electron chi connectivity index (χ4n) is 1.55. The third-order valence-corrected chi connectivity index (χ3v) is 2.96. The van der Waals surface area contributed by atoms with E-state index in [1.807, 2.05) is 12.5 Å². The highest BCUT2D eigenvalue weighted by Gasteiger charge is 2.24. The van der Waals surface area contributed by atoms with Gasteiger partial charge in [-0.05, 0) is 41.5 Å². The fraction of sp³-hybridized carbons (Fsp3) is 0.333. The van der Waals surface area contributed by atoms with Gasteiger partial charge >= 0.3 is 0 Å². The first kappa shape index (κ1) is 7.73. The molecule has 3 nitrogen and oxygen atoms in total. The summed E-state index contributed by atoms with van der Waals surface area (Å²) in [5.41, 5.74) is 2.23. The number of fused-ring (bicyclic) bond motifs is 1. The van der Waals surface area contributed by atoms with Gasteiger partial charge in [-0.1, -0.05) is 0 Å². The first-order valence-corrected chi connectivity index (χ1v) is 5.40. The molecule has 3 rings (SSSR count). The van der Waals surface area contributed by atoms with E-state index in [4.69, 9.17) is 0 Å². The average Bonchev–Trinajstić information content (AvgIpc) is 2.87. The molecule has 0 radical (unpaired) electrons. The number of imidazole rings is 1. The standard InChI is InChI=1S/C9H8IN3/c10-9-3-8-7(4-11-9)12-5-13(8)6-1-2-6/h3-6H,1-2H2. The summed E-state index contributed by atoms with van der Waals surface area (Å²) in [4.78, 5) is 8.53. The highest BCUT2D eigenvalue weighted by Crippen LogP contribution is 2.36. The molecule has 0 bridgehead atoms. The van der Waals surface area contributed by atoms with E-state index in [-0.39, 0.29) is 0 Å². The van der Waals surface area contributed by atoms with E-state index in [9.17, 15) is 0 Å². The number of aromatic nitrogens is 3. The van der Waals surface area contributed by atoms with E-state index in [1.165, 1.54) is 18.4 Å². The zero-order valence-electron chi connectivity index (χ0n) is 6.94. The number of pyridine rings is 1. The van der Waals surface area contributed by atoms with Gasteiger partial charge in [0.15, 0.2) is 0 Å². The Morgan fingerprint density at radius 1 is 1.38 bits per heavy atom. The maximum absolute atomic E-state index is 4.32. The van der Waals surface area contributed by atoms with Crippen molar-refractivity contribution in [3.05, 3.63) is 22.3 Å². The summed E-state index contributed by atoms with van der Waals surface area (Å²) in [5, 5.41) is 0. The summed E-state index contributed by atoms with van der Waals surface area (Å²) >= 11 is 2.23. The molecule has 0 aliphatic heterocycles. The van der Waals surface area contributed by atoms with Crippen LogP contribution in [0.3, 0.4) is 0 Å². The predicted octanol–water partition coefficient (Wildman–Crippen LogP) is 2.37. The molecule has 0 atom stereocenters. The second-order valence-electron chi connectivity index (χ2n) is 3.38. The molecule has 0 saturated heterocycles. The minimum atomic E-state index is 0.697. The van der Waals surface area contributed by atoms with E-state index in [0.717, 1.165) is 9.22 Å². The van der Waals surface area contributed by atoms with Crippen LogP contribution >= 0.6 is 22.6 Å². The van der Waals surface area contributed by atoms with Gasteiger partial charge in [0.2, 0.25) is 0 Å². The van der Waals surface area contributed by atoms with Gasteiger partial charge in [0.05, 0.1) is 18.0 Å². The van der Waals surface area contributed by atoms with Gasteiger partial charge in [-0.3, -0.25) is 0 Å². The van der Waals surface area contributed by atoms with Crippen LogP contribution in [-0.4, -0.2) is 14.5 Å². The monoisotopic (exact) mass is 285 g/mol. The van der Waals surface area contributed by atoms with Crippen LogP contribution in [0.2, 0.25) is 0 Å². The number of nitrogens with zero attached hydrogens (tertiary/aromatic N) is 3. The number of hydrogen-bond acceptors (Lipinski definition) is 2. The number of halogens is 1. The lowest BCUT2D eigenvalue weighted by atomic mass is 10.4. The Labute approximate surface area is 89.3 Å². The topological polar surface area (TPSA) is 30.7 Å². The van der Waals surface area contributed by atoms with E-state index < -0.39 is 0 Å². The summed E-state index contributed by atoms with van der Waals surface area (Å²) in [6.45, 7) is 0. The van der Waals surface area contributed by atoms with Crippen molar-refractivity contribution < 1.29 is 0 Å². The molecule has 1 aliphatic rings. The molecule has 66 valence electrons. The summed E-state index contributed by atoms with van der Waals surface area (Å²) in [6, 6.07) is 2.80. The lowest BCUT2D eigenvalue weighted by Gasteiger charge is -1.99. The first-order valence-electron chi connectivity index (χ1n) is 4.33. The Bertz CT molecular complexity index is 459. The Morgan fingerprint density at radius 3 is 3.00 bits per heavy atom. The molecule has 13 heavy (non-hydrogen) atoms. The van der Waals surface area contributed by atoms with Crippen molar-refractivity contribution in [2.75, 3.05) is 0 Å². The van der Waals surface area contributed by atoms with Crippen molar-refractivity contribution in [1.29, 1.82) is 0 Å². The van der Waals surface area contributed by atoms with Crippen LogP contribution in [-0.2, 0) is 0 Å². The second kappa shape index (κ2) is 2.67. The molecule has 4 heteroatoms. The summed E-state index contributed by atoms with van der Waals surface area (Å²) in [7, 11) is 0. The highest BCUT2D eigenvalue weighted by atomic mass is 127. The van der Waals surface area contributed by atoms with Gasteiger partial charge in [0, 0.05) is 6.04 Å². The van der Waals surface area contributed by atoms with Crippen LogP contribution < -0.4 is 0 Å². The average molecular weight is 285 g/mol. The van der Waals surface area contributed by atoms with Crippen molar-refractivity contribution in [3.8, 4) is 0 Å². The lowest BCUT2D eigenvalue weighted by molar-refractivity contribution is 0.765. The van der Waals surface area contributed by atoms with Crippen molar-refractivity contribution in [3.63, 3.8) is 0 Å². The molecule has 1 aliphatic carbocycles. The molecule has 2 heterocycles. The largest absolute Gasteiger partial charge is 0.327 e. The van der Waals surface area contributed by atoms with Crippen LogP contribution in [0, 0.1) is 3.70 Å². The van der Waals surface area contributed by atoms with E-state index in [1.54, 1.807) is 0 Å². The maximum atomic E-state index is 4.32. The summed E-state index contributed by atoms with van der Waals surface area (Å²) in [5.74, 6) is 0. The quantitative estimate of drug-likeness (QED) is 0.595. The molecule has 0 N–H and O–H groups in total. The van der Waals surface area contributed by atoms with E-state index in [0.29, 0.717) is 6.04 Å². The molecular formula is C9H8IN3. The molecule has 1 saturated carbocycles. The van der Waals surface area contributed by atoms with Crippen molar-refractivity contribution in [2.24, 2.45) is 0 Å². The Balaban J connectivity index is 2.29. The molecule has 0 spiro atoms. The van der Waals surface area contributed by atoms with Gasteiger partial charge in [-0.25, -0.2) is 9.97 Å². The Morgan fingerprint density at radius 2 is 2.23 bits per heavy atom. The molecule has 0 aromatic carbocycles. The predicted molar refractivity (Wildman–Crippen MR) is 58.5 cm³/mol. The van der Waals surface area contributed by atoms with Gasteiger partial charge in [-0.2, -0.15) is 0 Å².